The molecule has 7 nitrogen and oxygen atoms in total. The Bertz CT molecular complexity index is 568. The van der Waals surface area contributed by atoms with E-state index in [2.05, 4.69) is 5.32 Å². The highest BCUT2D eigenvalue weighted by Crippen LogP contribution is 2.30. The maximum absolute atomic E-state index is 12.1. The van der Waals surface area contributed by atoms with Crippen molar-refractivity contribution in [2.75, 3.05) is 12.4 Å². The van der Waals surface area contributed by atoms with E-state index >= 15 is 0 Å². The van der Waals surface area contributed by atoms with Gasteiger partial charge in [-0.1, -0.05) is 12.8 Å². The summed E-state index contributed by atoms with van der Waals surface area (Å²) < 4.78 is 4.93. The molecule has 1 saturated carbocycles. The average molecular weight is 344 g/mol. The average Bonchev–Trinajstić information content (AvgIpc) is 2.49. The highest BCUT2D eigenvalue weighted by atomic mass is 35.5. The van der Waals surface area contributed by atoms with Gasteiger partial charge in [-0.05, 0) is 30.9 Å². The van der Waals surface area contributed by atoms with Crippen molar-refractivity contribution in [3.8, 4) is 5.75 Å². The van der Waals surface area contributed by atoms with Gasteiger partial charge in [0.15, 0.2) is 5.75 Å². The first-order valence-corrected chi connectivity index (χ1v) is 7.39. The van der Waals surface area contributed by atoms with Crippen LogP contribution in [-0.4, -0.2) is 24.0 Å². The molecule has 0 saturated heterocycles. The van der Waals surface area contributed by atoms with E-state index in [1.165, 1.54) is 19.2 Å². The van der Waals surface area contributed by atoms with Crippen molar-refractivity contribution in [2.24, 2.45) is 11.7 Å². The van der Waals surface area contributed by atoms with E-state index in [-0.39, 0.29) is 41.7 Å². The lowest BCUT2D eigenvalue weighted by molar-refractivity contribution is -0.385. The second-order valence-electron chi connectivity index (χ2n) is 5.60. The molecule has 0 aliphatic heterocycles. The summed E-state index contributed by atoms with van der Waals surface area (Å²) in [6, 6.07) is 4.42. The summed E-state index contributed by atoms with van der Waals surface area (Å²) in [5.41, 5.74) is 6.26. The number of nitro groups is 1. The Labute approximate surface area is 141 Å². The van der Waals surface area contributed by atoms with Gasteiger partial charge in [-0.25, -0.2) is 0 Å². The molecule has 23 heavy (non-hydrogen) atoms. The van der Waals surface area contributed by atoms with Gasteiger partial charge in [0.2, 0.25) is 5.91 Å². The number of ether oxygens (including phenoxy) is 1. The standard InChI is InChI=1S/C15H21N3O4.ClH/c1-22-14-7-6-11(9-13(14)18(20)21)17-15(19)8-10-4-2-3-5-12(10)16;/h6-7,9-10,12H,2-5,8,16H2,1H3,(H,17,19);1H. The Balaban J connectivity index is 0.00000264. The molecular formula is C15H22ClN3O4. The van der Waals surface area contributed by atoms with Crippen LogP contribution in [0.4, 0.5) is 11.4 Å². The smallest absolute Gasteiger partial charge is 0.312 e. The third-order valence-corrected chi connectivity index (χ3v) is 4.07. The van der Waals surface area contributed by atoms with E-state index in [0.29, 0.717) is 12.1 Å². The Morgan fingerprint density at radius 3 is 2.74 bits per heavy atom. The number of nitrogens with one attached hydrogen (secondary N) is 1. The van der Waals surface area contributed by atoms with Crippen LogP contribution in [0, 0.1) is 16.0 Å². The predicted octanol–water partition coefficient (Wildman–Crippen LogP) is 2.87. The number of hydrogen-bond donors (Lipinski definition) is 2. The summed E-state index contributed by atoms with van der Waals surface area (Å²) in [4.78, 5) is 22.5. The maximum atomic E-state index is 12.1. The Morgan fingerprint density at radius 2 is 2.13 bits per heavy atom. The molecule has 2 rings (SSSR count). The highest BCUT2D eigenvalue weighted by molar-refractivity contribution is 5.91. The molecule has 2 unspecified atom stereocenters. The summed E-state index contributed by atoms with van der Waals surface area (Å²) in [6.45, 7) is 0. The topological polar surface area (TPSA) is 107 Å². The maximum Gasteiger partial charge on any atom is 0.312 e. The monoisotopic (exact) mass is 343 g/mol. The largest absolute Gasteiger partial charge is 0.490 e. The van der Waals surface area contributed by atoms with Crippen LogP contribution in [0.3, 0.4) is 0 Å². The fourth-order valence-corrected chi connectivity index (χ4v) is 2.85. The molecule has 3 N–H and O–H groups in total. The van der Waals surface area contributed by atoms with Gasteiger partial charge < -0.3 is 15.8 Å². The molecule has 0 spiro atoms. The quantitative estimate of drug-likeness (QED) is 0.631. The minimum atomic E-state index is -0.536. The van der Waals surface area contributed by atoms with Gasteiger partial charge in [-0.3, -0.25) is 14.9 Å². The molecule has 0 heterocycles. The summed E-state index contributed by atoms with van der Waals surface area (Å²) in [5.74, 6) is 0.182. The highest BCUT2D eigenvalue weighted by Gasteiger charge is 2.24. The first-order valence-electron chi connectivity index (χ1n) is 7.39. The van der Waals surface area contributed by atoms with E-state index in [9.17, 15) is 14.9 Å². The van der Waals surface area contributed by atoms with Crippen LogP contribution < -0.4 is 15.8 Å². The zero-order valence-electron chi connectivity index (χ0n) is 13.0. The second-order valence-corrected chi connectivity index (χ2v) is 5.60. The van der Waals surface area contributed by atoms with Gasteiger partial charge in [0.25, 0.3) is 0 Å². The fraction of sp³-hybridized carbons (Fsp3) is 0.533. The van der Waals surface area contributed by atoms with Gasteiger partial charge in [0.1, 0.15) is 0 Å². The number of hydrogen-bond acceptors (Lipinski definition) is 5. The summed E-state index contributed by atoms with van der Waals surface area (Å²) in [6.07, 6.45) is 4.47. The van der Waals surface area contributed by atoms with Gasteiger partial charge in [-0.2, -0.15) is 0 Å². The molecule has 1 aliphatic carbocycles. The van der Waals surface area contributed by atoms with Crippen LogP contribution >= 0.6 is 12.4 Å². The molecule has 0 aromatic heterocycles. The summed E-state index contributed by atoms with van der Waals surface area (Å²) in [7, 11) is 1.37. The fourth-order valence-electron chi connectivity index (χ4n) is 2.85. The number of nitrogens with zero attached hydrogens (tertiary/aromatic N) is 1. The third-order valence-electron chi connectivity index (χ3n) is 4.07. The van der Waals surface area contributed by atoms with Crippen LogP contribution in [0.1, 0.15) is 32.1 Å². The van der Waals surface area contributed by atoms with Gasteiger partial charge >= 0.3 is 5.69 Å². The second kappa shape index (κ2) is 8.69. The van der Waals surface area contributed by atoms with Gasteiger partial charge in [0.05, 0.1) is 12.0 Å². The predicted molar refractivity (Wildman–Crippen MR) is 90.1 cm³/mol. The number of nitrogens with two attached hydrogens (primary N) is 1. The molecule has 1 amide bonds. The minimum Gasteiger partial charge on any atom is -0.490 e. The van der Waals surface area contributed by atoms with Crippen LogP contribution in [0.15, 0.2) is 18.2 Å². The number of nitro benzene ring substituents is 1. The van der Waals surface area contributed by atoms with Crippen molar-refractivity contribution in [2.45, 2.75) is 38.1 Å². The van der Waals surface area contributed by atoms with E-state index in [1.807, 2.05) is 0 Å². The first kappa shape index (κ1) is 19.2. The number of methoxy groups -OCH3 is 1. The summed E-state index contributed by atoms with van der Waals surface area (Å²) in [5, 5.41) is 13.7. The lowest BCUT2D eigenvalue weighted by Crippen LogP contribution is -2.35. The lowest BCUT2D eigenvalue weighted by atomic mass is 9.83. The number of halogens is 1. The lowest BCUT2D eigenvalue weighted by Gasteiger charge is -2.27. The molecule has 1 fully saturated rings. The van der Waals surface area contributed by atoms with E-state index in [0.717, 1.165) is 25.7 Å². The van der Waals surface area contributed by atoms with E-state index in [1.54, 1.807) is 6.07 Å². The molecule has 1 aliphatic rings. The minimum absolute atomic E-state index is 0. The zero-order chi connectivity index (χ0) is 16.1. The number of rotatable bonds is 5. The first-order chi connectivity index (χ1) is 10.5. The number of benzene rings is 1. The van der Waals surface area contributed by atoms with Crippen LogP contribution in [0.25, 0.3) is 0 Å². The molecule has 0 radical (unpaired) electrons. The van der Waals surface area contributed by atoms with Gasteiger partial charge in [-0.15, -0.1) is 12.4 Å². The number of amides is 1. The Morgan fingerprint density at radius 1 is 1.43 bits per heavy atom. The van der Waals surface area contributed by atoms with Crippen molar-refractivity contribution in [3.63, 3.8) is 0 Å². The van der Waals surface area contributed by atoms with E-state index in [4.69, 9.17) is 10.5 Å². The zero-order valence-corrected chi connectivity index (χ0v) is 13.8. The number of carbonyl (C=O) groups is 1. The van der Waals surface area contributed by atoms with Crippen molar-refractivity contribution < 1.29 is 14.5 Å². The van der Waals surface area contributed by atoms with Crippen LogP contribution in [0.5, 0.6) is 5.75 Å². The molecule has 128 valence electrons. The van der Waals surface area contributed by atoms with Crippen molar-refractivity contribution in [3.05, 3.63) is 28.3 Å². The van der Waals surface area contributed by atoms with Crippen molar-refractivity contribution >= 4 is 29.7 Å². The molecule has 0 bridgehead atoms. The third kappa shape index (κ3) is 5.07. The molecule has 2 atom stereocenters. The molecule has 1 aromatic carbocycles. The molecular weight excluding hydrogens is 322 g/mol. The normalized spacial score (nSPS) is 20.3. The van der Waals surface area contributed by atoms with Crippen molar-refractivity contribution in [1.29, 1.82) is 0 Å². The van der Waals surface area contributed by atoms with E-state index < -0.39 is 4.92 Å². The Hall–Kier alpha value is -1.86. The number of carbonyl (C=O) groups excluding carboxylic acids is 1. The Kier molecular flexibility index (Phi) is 7.25. The van der Waals surface area contributed by atoms with Crippen LogP contribution in [0.2, 0.25) is 0 Å². The molecule has 1 aromatic rings. The summed E-state index contributed by atoms with van der Waals surface area (Å²) >= 11 is 0. The number of anilines is 1. The van der Waals surface area contributed by atoms with Crippen LogP contribution in [-0.2, 0) is 4.79 Å². The van der Waals surface area contributed by atoms with Gasteiger partial charge in [0, 0.05) is 24.2 Å². The SMILES string of the molecule is COc1ccc(NC(=O)CC2CCCCC2N)cc1[N+](=O)[O-].Cl. The molecule has 8 heteroatoms. The van der Waals surface area contributed by atoms with Crippen molar-refractivity contribution in [1.82, 2.24) is 0 Å².